The number of carbonyl (C=O) groups is 1. The van der Waals surface area contributed by atoms with E-state index < -0.39 is 0 Å². The van der Waals surface area contributed by atoms with Crippen molar-refractivity contribution >= 4 is 5.97 Å². The van der Waals surface area contributed by atoms with Gasteiger partial charge in [-0.2, -0.15) is 0 Å². The van der Waals surface area contributed by atoms with Crippen molar-refractivity contribution in [2.75, 3.05) is 19.7 Å². The third-order valence-electron chi connectivity index (χ3n) is 3.81. The Balaban J connectivity index is 1.96. The molecule has 5 heteroatoms. The number of nitrogens with zero attached hydrogens (tertiary/aromatic N) is 3. The molecule has 1 atom stereocenters. The fraction of sp³-hybridized carbons (Fsp3) is 0.733. The molecule has 0 spiro atoms. The fourth-order valence-corrected chi connectivity index (χ4v) is 2.80. The van der Waals surface area contributed by atoms with Gasteiger partial charge in [-0.25, -0.2) is 4.98 Å². The molecule has 0 radical (unpaired) electrons. The minimum absolute atomic E-state index is 0.0270. The number of rotatable bonds is 5. The number of imidazole rings is 1. The van der Waals surface area contributed by atoms with Crippen molar-refractivity contribution in [3.8, 4) is 0 Å². The second-order valence-electron chi connectivity index (χ2n) is 5.71. The Morgan fingerprint density at radius 1 is 1.55 bits per heavy atom. The van der Waals surface area contributed by atoms with E-state index in [1.54, 1.807) is 0 Å². The van der Waals surface area contributed by atoms with E-state index in [1.807, 2.05) is 19.4 Å². The molecule has 0 aromatic carbocycles. The molecule has 1 aromatic heterocycles. The van der Waals surface area contributed by atoms with Crippen LogP contribution in [0.15, 0.2) is 12.5 Å². The number of piperidine rings is 1. The highest BCUT2D eigenvalue weighted by molar-refractivity contribution is 5.72. The molecule has 1 aromatic rings. The Labute approximate surface area is 120 Å². The summed E-state index contributed by atoms with van der Waals surface area (Å²) >= 11 is 0. The van der Waals surface area contributed by atoms with Gasteiger partial charge in [0.2, 0.25) is 0 Å². The third kappa shape index (κ3) is 3.60. The number of carbonyl (C=O) groups excluding carboxylic acids is 1. The zero-order valence-electron chi connectivity index (χ0n) is 12.7. The van der Waals surface area contributed by atoms with Crippen molar-refractivity contribution in [1.82, 2.24) is 14.5 Å². The van der Waals surface area contributed by atoms with E-state index in [0.717, 1.165) is 32.5 Å². The summed E-state index contributed by atoms with van der Waals surface area (Å²) in [5.74, 6) is -0.0197. The SMILES string of the molecule is CCOC(=O)[C@@H]1CCCN(Cc2cncn2C(C)C)C1. The maximum atomic E-state index is 11.9. The maximum Gasteiger partial charge on any atom is 0.310 e. The number of ether oxygens (including phenoxy) is 1. The van der Waals surface area contributed by atoms with E-state index in [-0.39, 0.29) is 11.9 Å². The van der Waals surface area contributed by atoms with Gasteiger partial charge in [-0.05, 0) is 40.2 Å². The molecular weight excluding hydrogens is 254 g/mol. The molecule has 1 aliphatic heterocycles. The molecule has 112 valence electrons. The van der Waals surface area contributed by atoms with E-state index in [4.69, 9.17) is 4.74 Å². The van der Waals surface area contributed by atoms with E-state index >= 15 is 0 Å². The normalized spacial score (nSPS) is 20.3. The van der Waals surface area contributed by atoms with Crippen LogP contribution in [0, 0.1) is 5.92 Å². The molecule has 1 fully saturated rings. The molecular formula is C15H25N3O2. The third-order valence-corrected chi connectivity index (χ3v) is 3.81. The van der Waals surface area contributed by atoms with Gasteiger partial charge in [-0.15, -0.1) is 0 Å². The van der Waals surface area contributed by atoms with E-state index in [2.05, 4.69) is 28.3 Å². The van der Waals surface area contributed by atoms with Crippen LogP contribution < -0.4 is 0 Å². The number of likely N-dealkylation sites (tertiary alicyclic amines) is 1. The first-order valence-corrected chi connectivity index (χ1v) is 7.51. The highest BCUT2D eigenvalue weighted by Crippen LogP contribution is 2.20. The predicted octanol–water partition coefficient (Wildman–Crippen LogP) is 2.24. The van der Waals surface area contributed by atoms with Gasteiger partial charge in [0.25, 0.3) is 0 Å². The highest BCUT2D eigenvalue weighted by atomic mass is 16.5. The number of hydrogen-bond donors (Lipinski definition) is 0. The monoisotopic (exact) mass is 279 g/mol. The molecule has 0 amide bonds. The van der Waals surface area contributed by atoms with Crippen molar-refractivity contribution in [1.29, 1.82) is 0 Å². The first-order chi connectivity index (χ1) is 9.61. The molecule has 1 saturated heterocycles. The van der Waals surface area contributed by atoms with Crippen molar-refractivity contribution in [3.05, 3.63) is 18.2 Å². The van der Waals surface area contributed by atoms with Crippen molar-refractivity contribution in [2.45, 2.75) is 46.2 Å². The fourth-order valence-electron chi connectivity index (χ4n) is 2.80. The largest absolute Gasteiger partial charge is 0.466 e. The van der Waals surface area contributed by atoms with Crippen molar-refractivity contribution < 1.29 is 9.53 Å². The van der Waals surface area contributed by atoms with E-state index in [9.17, 15) is 4.79 Å². The molecule has 2 rings (SSSR count). The second-order valence-corrected chi connectivity index (χ2v) is 5.71. The van der Waals surface area contributed by atoms with Gasteiger partial charge < -0.3 is 9.30 Å². The number of aromatic nitrogens is 2. The molecule has 0 bridgehead atoms. The summed E-state index contributed by atoms with van der Waals surface area (Å²) in [6, 6.07) is 0.415. The van der Waals surface area contributed by atoms with Crippen molar-refractivity contribution in [3.63, 3.8) is 0 Å². The molecule has 1 aliphatic rings. The Kier molecular flexibility index (Phi) is 5.17. The molecule has 5 nitrogen and oxygen atoms in total. The lowest BCUT2D eigenvalue weighted by Gasteiger charge is -2.31. The van der Waals surface area contributed by atoms with Gasteiger partial charge in [-0.3, -0.25) is 9.69 Å². The lowest BCUT2D eigenvalue weighted by atomic mass is 9.98. The topological polar surface area (TPSA) is 47.4 Å². The summed E-state index contributed by atoms with van der Waals surface area (Å²) in [5.41, 5.74) is 1.21. The zero-order chi connectivity index (χ0) is 14.5. The quantitative estimate of drug-likeness (QED) is 0.776. The summed E-state index contributed by atoms with van der Waals surface area (Å²) < 4.78 is 7.33. The van der Waals surface area contributed by atoms with E-state index in [1.165, 1.54) is 5.69 Å². The first kappa shape index (κ1) is 15.0. The summed E-state index contributed by atoms with van der Waals surface area (Å²) in [4.78, 5) is 18.4. The van der Waals surface area contributed by atoms with Crippen LogP contribution in [0.3, 0.4) is 0 Å². The van der Waals surface area contributed by atoms with Gasteiger partial charge in [0.15, 0.2) is 0 Å². The van der Waals surface area contributed by atoms with Gasteiger partial charge >= 0.3 is 5.97 Å². The van der Waals surface area contributed by atoms with Crippen LogP contribution in [-0.2, 0) is 16.1 Å². The van der Waals surface area contributed by atoms with Gasteiger partial charge in [-0.1, -0.05) is 0 Å². The average Bonchev–Trinajstić information content (AvgIpc) is 2.87. The smallest absolute Gasteiger partial charge is 0.310 e. The number of esters is 1. The van der Waals surface area contributed by atoms with E-state index in [0.29, 0.717) is 12.6 Å². The summed E-state index contributed by atoms with van der Waals surface area (Å²) in [7, 11) is 0. The minimum Gasteiger partial charge on any atom is -0.466 e. The Morgan fingerprint density at radius 3 is 3.05 bits per heavy atom. The zero-order valence-corrected chi connectivity index (χ0v) is 12.7. The Morgan fingerprint density at radius 2 is 2.35 bits per heavy atom. The number of hydrogen-bond acceptors (Lipinski definition) is 4. The van der Waals surface area contributed by atoms with Crippen LogP contribution in [-0.4, -0.2) is 40.1 Å². The molecule has 0 aliphatic carbocycles. The van der Waals surface area contributed by atoms with Crippen LogP contribution in [0.4, 0.5) is 0 Å². The Bertz CT molecular complexity index is 442. The highest BCUT2D eigenvalue weighted by Gasteiger charge is 2.27. The molecule has 2 heterocycles. The molecule has 0 N–H and O–H groups in total. The Hall–Kier alpha value is -1.36. The maximum absolute atomic E-state index is 11.9. The van der Waals surface area contributed by atoms with Crippen LogP contribution in [0.5, 0.6) is 0 Å². The van der Waals surface area contributed by atoms with Crippen LogP contribution >= 0.6 is 0 Å². The van der Waals surface area contributed by atoms with Crippen molar-refractivity contribution in [2.24, 2.45) is 5.92 Å². The van der Waals surface area contributed by atoms with Gasteiger partial charge in [0, 0.05) is 25.3 Å². The second kappa shape index (κ2) is 6.88. The summed E-state index contributed by atoms with van der Waals surface area (Å²) in [5, 5.41) is 0. The standard InChI is InChI=1S/C15H25N3O2/c1-4-20-15(19)13-6-5-7-17(9-13)10-14-8-16-11-18(14)12(2)3/h8,11-13H,4-7,9-10H2,1-3H3/t13-/m1/s1. The lowest BCUT2D eigenvalue weighted by Crippen LogP contribution is -2.39. The average molecular weight is 279 g/mol. The van der Waals surface area contributed by atoms with Crippen LogP contribution in [0.25, 0.3) is 0 Å². The predicted molar refractivity (Wildman–Crippen MR) is 77.2 cm³/mol. The summed E-state index contributed by atoms with van der Waals surface area (Å²) in [6.45, 7) is 9.33. The van der Waals surface area contributed by atoms with Crippen LogP contribution in [0.2, 0.25) is 0 Å². The molecule has 0 unspecified atom stereocenters. The summed E-state index contributed by atoms with van der Waals surface area (Å²) in [6.07, 6.45) is 5.80. The molecule has 20 heavy (non-hydrogen) atoms. The molecule has 0 saturated carbocycles. The van der Waals surface area contributed by atoms with Gasteiger partial charge in [0.05, 0.1) is 24.5 Å². The van der Waals surface area contributed by atoms with Gasteiger partial charge in [0.1, 0.15) is 0 Å². The van der Waals surface area contributed by atoms with Crippen LogP contribution in [0.1, 0.15) is 45.3 Å². The minimum atomic E-state index is -0.0467. The lowest BCUT2D eigenvalue weighted by molar-refractivity contribution is -0.150. The first-order valence-electron chi connectivity index (χ1n) is 7.51.